The zero-order chi connectivity index (χ0) is 16.0. The number of benzene rings is 1. The molecule has 0 saturated heterocycles. The van der Waals surface area contributed by atoms with Crippen LogP contribution < -0.4 is 11.1 Å². The predicted molar refractivity (Wildman–Crippen MR) is 83.4 cm³/mol. The quantitative estimate of drug-likeness (QED) is 0.658. The molecular formula is C16H23FN2O2. The number of anilines is 1. The van der Waals surface area contributed by atoms with Gasteiger partial charge in [-0.25, -0.2) is 9.18 Å². The van der Waals surface area contributed by atoms with Crippen molar-refractivity contribution < 1.29 is 13.9 Å². The summed E-state index contributed by atoms with van der Waals surface area (Å²) in [6.45, 7) is 7.72. The van der Waals surface area contributed by atoms with Crippen molar-refractivity contribution in [1.29, 1.82) is 0 Å². The summed E-state index contributed by atoms with van der Waals surface area (Å²) in [4.78, 5) is 11.4. The molecule has 0 radical (unpaired) electrons. The second kappa shape index (κ2) is 7.11. The number of hydrogen-bond donors (Lipinski definition) is 2. The van der Waals surface area contributed by atoms with Gasteiger partial charge in [0.2, 0.25) is 0 Å². The van der Waals surface area contributed by atoms with Gasteiger partial charge >= 0.3 is 6.09 Å². The number of alkyl carbamates (subject to hydrolysis) is 1. The van der Waals surface area contributed by atoms with Crippen LogP contribution in [0, 0.1) is 12.7 Å². The van der Waals surface area contributed by atoms with Gasteiger partial charge in [-0.05, 0) is 57.4 Å². The summed E-state index contributed by atoms with van der Waals surface area (Å²) in [5, 5.41) is 2.65. The van der Waals surface area contributed by atoms with Gasteiger partial charge in [0.25, 0.3) is 0 Å². The van der Waals surface area contributed by atoms with E-state index in [1.54, 1.807) is 6.08 Å². The van der Waals surface area contributed by atoms with Crippen LogP contribution in [0.2, 0.25) is 0 Å². The van der Waals surface area contributed by atoms with E-state index in [1.165, 1.54) is 12.1 Å². The molecule has 1 aromatic carbocycles. The van der Waals surface area contributed by atoms with Crippen molar-refractivity contribution in [2.45, 2.75) is 39.7 Å². The van der Waals surface area contributed by atoms with E-state index in [0.717, 1.165) is 11.1 Å². The average Bonchev–Trinajstić information content (AvgIpc) is 2.32. The summed E-state index contributed by atoms with van der Waals surface area (Å²) in [7, 11) is 0. The average molecular weight is 294 g/mol. The third kappa shape index (κ3) is 6.29. The van der Waals surface area contributed by atoms with E-state index in [1.807, 2.05) is 33.8 Å². The maximum absolute atomic E-state index is 13.3. The van der Waals surface area contributed by atoms with Gasteiger partial charge in [0.15, 0.2) is 0 Å². The summed E-state index contributed by atoms with van der Waals surface area (Å²) in [6, 6.07) is 2.74. The number of ether oxygens (including phenoxy) is 1. The van der Waals surface area contributed by atoms with Gasteiger partial charge in [-0.3, -0.25) is 0 Å². The van der Waals surface area contributed by atoms with Crippen LogP contribution in [0.4, 0.5) is 14.9 Å². The molecule has 116 valence electrons. The minimum absolute atomic E-state index is 0.357. The zero-order valence-electron chi connectivity index (χ0n) is 13.0. The molecule has 0 saturated carbocycles. The highest BCUT2D eigenvalue weighted by atomic mass is 19.1. The number of carbonyl (C=O) groups excluding carboxylic acids is 1. The third-order valence-electron chi connectivity index (χ3n) is 2.73. The summed E-state index contributed by atoms with van der Waals surface area (Å²) in [5.41, 5.74) is 7.21. The second-order valence-electron chi connectivity index (χ2n) is 5.83. The number of hydrogen-bond acceptors (Lipinski definition) is 3. The first-order valence-corrected chi connectivity index (χ1v) is 6.88. The van der Waals surface area contributed by atoms with E-state index in [-0.39, 0.29) is 5.82 Å². The fraction of sp³-hybridized carbons (Fsp3) is 0.438. The highest BCUT2D eigenvalue weighted by molar-refractivity contribution is 5.67. The smallest absolute Gasteiger partial charge is 0.407 e. The molecule has 0 fully saturated rings. The Kier molecular flexibility index (Phi) is 5.76. The Labute approximate surface area is 125 Å². The molecule has 0 bridgehead atoms. The monoisotopic (exact) mass is 294 g/mol. The van der Waals surface area contributed by atoms with E-state index >= 15 is 0 Å². The molecule has 0 aliphatic rings. The largest absolute Gasteiger partial charge is 0.444 e. The Hall–Kier alpha value is -2.04. The topological polar surface area (TPSA) is 64.3 Å². The molecule has 5 heteroatoms. The predicted octanol–water partition coefficient (Wildman–Crippen LogP) is 3.64. The second-order valence-corrected chi connectivity index (χ2v) is 5.83. The van der Waals surface area contributed by atoms with E-state index in [9.17, 15) is 9.18 Å². The number of halogens is 1. The lowest BCUT2D eigenvalue weighted by Crippen LogP contribution is -2.32. The van der Waals surface area contributed by atoms with E-state index in [4.69, 9.17) is 10.5 Å². The molecule has 0 atom stereocenters. The maximum Gasteiger partial charge on any atom is 0.407 e. The number of nitrogens with one attached hydrogen (secondary N) is 1. The molecule has 1 aromatic rings. The molecule has 3 N–H and O–H groups in total. The standard InChI is InChI=1S/C16H23FN2O2/c1-11-12(9-13(17)10-14(11)18)7-5-6-8-19-15(20)21-16(2,3)4/h5,7,9-10H,6,8,18H2,1-4H3,(H,19,20). The fourth-order valence-corrected chi connectivity index (χ4v) is 1.68. The van der Waals surface area contributed by atoms with Crippen LogP contribution in [0.25, 0.3) is 6.08 Å². The SMILES string of the molecule is Cc1c(N)cc(F)cc1C=CCCNC(=O)OC(C)(C)C. The van der Waals surface area contributed by atoms with E-state index < -0.39 is 11.7 Å². The Morgan fingerprint density at radius 1 is 1.43 bits per heavy atom. The van der Waals surface area contributed by atoms with Crippen LogP contribution in [0.5, 0.6) is 0 Å². The van der Waals surface area contributed by atoms with Crippen LogP contribution in [0.15, 0.2) is 18.2 Å². The first-order valence-electron chi connectivity index (χ1n) is 6.88. The first kappa shape index (κ1) is 17.0. The molecule has 0 aromatic heterocycles. The molecule has 4 nitrogen and oxygen atoms in total. The number of nitrogens with two attached hydrogens (primary N) is 1. The van der Waals surface area contributed by atoms with Gasteiger partial charge in [-0.2, -0.15) is 0 Å². The van der Waals surface area contributed by atoms with Gasteiger partial charge < -0.3 is 15.8 Å². The van der Waals surface area contributed by atoms with Crippen molar-refractivity contribution in [3.63, 3.8) is 0 Å². The third-order valence-corrected chi connectivity index (χ3v) is 2.73. The number of rotatable bonds is 4. The molecule has 0 spiro atoms. The zero-order valence-corrected chi connectivity index (χ0v) is 13.0. The van der Waals surface area contributed by atoms with Crippen molar-refractivity contribution >= 4 is 17.9 Å². The van der Waals surface area contributed by atoms with Crippen LogP contribution >= 0.6 is 0 Å². The lowest BCUT2D eigenvalue weighted by atomic mass is 10.1. The van der Waals surface area contributed by atoms with Gasteiger partial charge in [0, 0.05) is 12.2 Å². The molecule has 0 aliphatic heterocycles. The molecule has 0 unspecified atom stereocenters. The Morgan fingerprint density at radius 2 is 2.10 bits per heavy atom. The highest BCUT2D eigenvalue weighted by Crippen LogP contribution is 2.19. The summed E-state index contributed by atoms with van der Waals surface area (Å²) >= 11 is 0. The minimum atomic E-state index is -0.504. The molecule has 1 rings (SSSR count). The van der Waals surface area contributed by atoms with Crippen molar-refractivity contribution in [3.8, 4) is 0 Å². The van der Waals surface area contributed by atoms with Crippen LogP contribution in [0.1, 0.15) is 38.3 Å². The van der Waals surface area contributed by atoms with Crippen LogP contribution in [0.3, 0.4) is 0 Å². The van der Waals surface area contributed by atoms with Gasteiger partial charge in [-0.1, -0.05) is 12.2 Å². The molecule has 0 heterocycles. The van der Waals surface area contributed by atoms with Crippen molar-refractivity contribution in [2.24, 2.45) is 0 Å². The van der Waals surface area contributed by atoms with Crippen molar-refractivity contribution in [1.82, 2.24) is 5.32 Å². The summed E-state index contributed by atoms with van der Waals surface area (Å²) < 4.78 is 18.4. The van der Waals surface area contributed by atoms with Gasteiger partial charge in [0.1, 0.15) is 11.4 Å². The fourth-order valence-electron chi connectivity index (χ4n) is 1.68. The molecule has 0 aliphatic carbocycles. The molecular weight excluding hydrogens is 271 g/mol. The van der Waals surface area contributed by atoms with Gasteiger partial charge in [0.05, 0.1) is 0 Å². The highest BCUT2D eigenvalue weighted by Gasteiger charge is 2.15. The number of amides is 1. The Balaban J connectivity index is 2.45. The minimum Gasteiger partial charge on any atom is -0.444 e. The lowest BCUT2D eigenvalue weighted by Gasteiger charge is -2.19. The van der Waals surface area contributed by atoms with E-state index in [0.29, 0.717) is 18.7 Å². The molecule has 1 amide bonds. The first-order chi connectivity index (χ1) is 9.69. The lowest BCUT2D eigenvalue weighted by molar-refractivity contribution is 0.0529. The van der Waals surface area contributed by atoms with Crippen LogP contribution in [-0.4, -0.2) is 18.2 Å². The summed E-state index contributed by atoms with van der Waals surface area (Å²) in [6.07, 6.45) is 3.83. The summed E-state index contributed by atoms with van der Waals surface area (Å²) in [5.74, 6) is -0.357. The van der Waals surface area contributed by atoms with Crippen LogP contribution in [-0.2, 0) is 4.74 Å². The maximum atomic E-state index is 13.3. The van der Waals surface area contributed by atoms with E-state index in [2.05, 4.69) is 5.32 Å². The Bertz CT molecular complexity index is 534. The normalized spacial score (nSPS) is 11.7. The Morgan fingerprint density at radius 3 is 2.71 bits per heavy atom. The number of nitrogen functional groups attached to an aromatic ring is 1. The molecule has 21 heavy (non-hydrogen) atoms. The van der Waals surface area contributed by atoms with Crippen molar-refractivity contribution in [3.05, 3.63) is 35.2 Å². The van der Waals surface area contributed by atoms with Gasteiger partial charge in [-0.15, -0.1) is 0 Å². The number of carbonyl (C=O) groups is 1. The van der Waals surface area contributed by atoms with Crippen molar-refractivity contribution in [2.75, 3.05) is 12.3 Å².